The van der Waals surface area contributed by atoms with Gasteiger partial charge in [-0.1, -0.05) is 12.1 Å². The van der Waals surface area contributed by atoms with Crippen LogP contribution >= 0.6 is 0 Å². The first kappa shape index (κ1) is 21.7. The van der Waals surface area contributed by atoms with E-state index < -0.39 is 29.6 Å². The molecule has 1 fully saturated rings. The standard InChI is InChI=1S/C22H18F3N3O4/c23-22(24,25)16-3-1-2-12(9-16)19(30)27-20(31)13-4-5-14-10-28(11-15(14)8-13)17-6-7-18(29)26-21(17)32/h1-5,8-9,17H,6-7,10-11H2,(H,26,29,32)(H,27,30,31). The van der Waals surface area contributed by atoms with Crippen molar-refractivity contribution in [2.45, 2.75) is 38.1 Å². The molecule has 1 atom stereocenters. The Balaban J connectivity index is 1.44. The summed E-state index contributed by atoms with van der Waals surface area (Å²) in [7, 11) is 0. The van der Waals surface area contributed by atoms with E-state index in [0.29, 0.717) is 25.6 Å². The monoisotopic (exact) mass is 445 g/mol. The number of hydrogen-bond acceptors (Lipinski definition) is 5. The summed E-state index contributed by atoms with van der Waals surface area (Å²) in [6, 6.07) is 8.19. The molecule has 1 saturated heterocycles. The van der Waals surface area contributed by atoms with E-state index >= 15 is 0 Å². The molecule has 2 aliphatic heterocycles. The topological polar surface area (TPSA) is 95.6 Å². The molecule has 1 unspecified atom stereocenters. The number of piperidine rings is 1. The zero-order valence-electron chi connectivity index (χ0n) is 16.7. The summed E-state index contributed by atoms with van der Waals surface area (Å²) in [6.07, 6.45) is -3.93. The van der Waals surface area contributed by atoms with E-state index in [4.69, 9.17) is 0 Å². The van der Waals surface area contributed by atoms with Crippen molar-refractivity contribution in [1.82, 2.24) is 15.5 Å². The molecule has 166 valence electrons. The van der Waals surface area contributed by atoms with Crippen molar-refractivity contribution >= 4 is 23.6 Å². The number of alkyl halides is 3. The first-order valence-electron chi connectivity index (χ1n) is 9.84. The molecule has 4 rings (SSSR count). The van der Waals surface area contributed by atoms with Crippen molar-refractivity contribution in [3.05, 3.63) is 70.3 Å². The zero-order chi connectivity index (χ0) is 23.0. The van der Waals surface area contributed by atoms with Gasteiger partial charge in [0, 0.05) is 30.6 Å². The molecule has 0 spiro atoms. The fourth-order valence-corrected chi connectivity index (χ4v) is 3.90. The minimum absolute atomic E-state index is 0.175. The van der Waals surface area contributed by atoms with Crippen LogP contribution in [-0.2, 0) is 28.9 Å². The van der Waals surface area contributed by atoms with Crippen LogP contribution < -0.4 is 10.6 Å². The number of rotatable bonds is 3. The van der Waals surface area contributed by atoms with Crippen LogP contribution in [0.3, 0.4) is 0 Å². The van der Waals surface area contributed by atoms with Gasteiger partial charge >= 0.3 is 6.18 Å². The lowest BCUT2D eigenvalue weighted by Crippen LogP contribution is -2.50. The number of carbonyl (C=O) groups excluding carboxylic acids is 4. The Hall–Kier alpha value is -3.53. The Bertz CT molecular complexity index is 1130. The van der Waals surface area contributed by atoms with Gasteiger partial charge in [0.1, 0.15) is 0 Å². The van der Waals surface area contributed by atoms with Crippen LogP contribution in [0.1, 0.15) is 50.2 Å². The van der Waals surface area contributed by atoms with Crippen molar-refractivity contribution in [3.63, 3.8) is 0 Å². The largest absolute Gasteiger partial charge is 0.416 e. The Morgan fingerprint density at radius 1 is 0.969 bits per heavy atom. The molecule has 0 aromatic heterocycles. The van der Waals surface area contributed by atoms with Crippen LogP contribution in [-0.4, -0.2) is 34.6 Å². The average Bonchev–Trinajstić information content (AvgIpc) is 3.16. The molecular weight excluding hydrogens is 427 g/mol. The predicted octanol–water partition coefficient (Wildman–Crippen LogP) is 2.40. The quantitative estimate of drug-likeness (QED) is 0.708. The third-order valence-corrected chi connectivity index (χ3v) is 5.55. The molecule has 2 N–H and O–H groups in total. The fraction of sp³-hybridized carbons (Fsp3) is 0.273. The summed E-state index contributed by atoms with van der Waals surface area (Å²) < 4.78 is 38.6. The van der Waals surface area contributed by atoms with Gasteiger partial charge < -0.3 is 0 Å². The third-order valence-electron chi connectivity index (χ3n) is 5.55. The Kier molecular flexibility index (Phi) is 5.55. The summed E-state index contributed by atoms with van der Waals surface area (Å²) in [5.74, 6) is -2.33. The SMILES string of the molecule is O=C1CCC(N2Cc3ccc(C(=O)NC(=O)c4cccc(C(F)(F)F)c4)cc3C2)C(=O)N1. The molecule has 2 heterocycles. The molecule has 2 aromatic rings. The van der Waals surface area contributed by atoms with Crippen LogP contribution in [0.15, 0.2) is 42.5 Å². The first-order valence-corrected chi connectivity index (χ1v) is 9.84. The van der Waals surface area contributed by atoms with Crippen molar-refractivity contribution in [3.8, 4) is 0 Å². The zero-order valence-corrected chi connectivity index (χ0v) is 16.7. The van der Waals surface area contributed by atoms with Crippen LogP contribution in [0.4, 0.5) is 13.2 Å². The first-order chi connectivity index (χ1) is 15.1. The van der Waals surface area contributed by atoms with Gasteiger partial charge in [0.25, 0.3) is 11.8 Å². The van der Waals surface area contributed by atoms with E-state index in [2.05, 4.69) is 10.6 Å². The summed E-state index contributed by atoms with van der Waals surface area (Å²) in [5.41, 5.74) is 0.626. The smallest absolute Gasteiger partial charge is 0.295 e. The van der Waals surface area contributed by atoms with E-state index in [-0.39, 0.29) is 29.4 Å². The normalized spacial score (nSPS) is 18.8. The van der Waals surface area contributed by atoms with E-state index in [1.54, 1.807) is 12.1 Å². The maximum atomic E-state index is 12.9. The molecular formula is C22H18F3N3O4. The van der Waals surface area contributed by atoms with Crippen molar-refractivity contribution in [1.29, 1.82) is 0 Å². The van der Waals surface area contributed by atoms with Gasteiger partial charge in [0.05, 0.1) is 11.6 Å². The Morgan fingerprint density at radius 3 is 2.34 bits per heavy atom. The molecule has 0 radical (unpaired) electrons. The lowest BCUT2D eigenvalue weighted by Gasteiger charge is -2.29. The lowest BCUT2D eigenvalue weighted by atomic mass is 10.0. The highest BCUT2D eigenvalue weighted by atomic mass is 19.4. The van der Waals surface area contributed by atoms with Crippen LogP contribution in [0.2, 0.25) is 0 Å². The molecule has 7 nitrogen and oxygen atoms in total. The number of halogens is 3. The highest BCUT2D eigenvalue weighted by Crippen LogP contribution is 2.30. The molecule has 10 heteroatoms. The minimum atomic E-state index is -4.60. The van der Waals surface area contributed by atoms with Gasteiger partial charge in [-0.3, -0.25) is 34.7 Å². The fourth-order valence-electron chi connectivity index (χ4n) is 3.90. The number of benzene rings is 2. The second-order valence-electron chi connectivity index (χ2n) is 7.72. The van der Waals surface area contributed by atoms with E-state index in [9.17, 15) is 32.3 Å². The Morgan fingerprint density at radius 2 is 1.66 bits per heavy atom. The summed E-state index contributed by atoms with van der Waals surface area (Å²) >= 11 is 0. The molecule has 4 amide bonds. The summed E-state index contributed by atoms with van der Waals surface area (Å²) in [4.78, 5) is 50.2. The molecule has 32 heavy (non-hydrogen) atoms. The van der Waals surface area contributed by atoms with E-state index in [1.165, 1.54) is 12.1 Å². The number of nitrogens with zero attached hydrogens (tertiary/aromatic N) is 1. The minimum Gasteiger partial charge on any atom is -0.295 e. The number of fused-ring (bicyclic) bond motifs is 1. The van der Waals surface area contributed by atoms with Gasteiger partial charge in [-0.25, -0.2) is 0 Å². The second kappa shape index (κ2) is 8.19. The number of hydrogen-bond donors (Lipinski definition) is 2. The van der Waals surface area contributed by atoms with Gasteiger partial charge in [0.2, 0.25) is 11.8 Å². The predicted molar refractivity (Wildman–Crippen MR) is 105 cm³/mol. The summed E-state index contributed by atoms with van der Waals surface area (Å²) in [6.45, 7) is 0.872. The third kappa shape index (κ3) is 4.40. The van der Waals surface area contributed by atoms with Gasteiger partial charge in [-0.2, -0.15) is 13.2 Å². The molecule has 0 aliphatic carbocycles. The van der Waals surface area contributed by atoms with Crippen LogP contribution in [0.25, 0.3) is 0 Å². The maximum absolute atomic E-state index is 12.9. The highest BCUT2D eigenvalue weighted by molar-refractivity contribution is 6.10. The van der Waals surface area contributed by atoms with Crippen molar-refractivity contribution < 1.29 is 32.3 Å². The van der Waals surface area contributed by atoms with Crippen LogP contribution in [0, 0.1) is 0 Å². The van der Waals surface area contributed by atoms with Crippen LogP contribution in [0.5, 0.6) is 0 Å². The van der Waals surface area contributed by atoms with Crippen molar-refractivity contribution in [2.75, 3.05) is 0 Å². The lowest BCUT2D eigenvalue weighted by molar-refractivity contribution is -0.138. The Labute approximate surface area is 180 Å². The molecule has 0 bridgehead atoms. The molecule has 0 saturated carbocycles. The van der Waals surface area contributed by atoms with Gasteiger partial charge in [-0.15, -0.1) is 0 Å². The van der Waals surface area contributed by atoms with Gasteiger partial charge in [0.15, 0.2) is 0 Å². The van der Waals surface area contributed by atoms with E-state index in [1.807, 2.05) is 4.90 Å². The second-order valence-corrected chi connectivity index (χ2v) is 7.72. The number of nitrogens with one attached hydrogen (secondary N) is 2. The average molecular weight is 445 g/mol. The number of carbonyl (C=O) groups is 4. The van der Waals surface area contributed by atoms with E-state index in [0.717, 1.165) is 23.3 Å². The number of amides is 4. The molecule has 2 aliphatic rings. The summed E-state index contributed by atoms with van der Waals surface area (Å²) in [5, 5.41) is 4.43. The maximum Gasteiger partial charge on any atom is 0.416 e. The van der Waals surface area contributed by atoms with Crippen molar-refractivity contribution in [2.24, 2.45) is 0 Å². The number of imide groups is 2. The molecule has 2 aromatic carbocycles. The highest BCUT2D eigenvalue weighted by Gasteiger charge is 2.35. The van der Waals surface area contributed by atoms with Gasteiger partial charge in [-0.05, 0) is 47.9 Å².